The van der Waals surface area contributed by atoms with E-state index in [1.807, 2.05) is 302 Å². The standard InChI is InChI=1S/C20H19N2.C17H13N2.C15H10N3.C14H9N4.C13H9N4.5BrH.5Pt/c1-20(2,3)19-12-7-11-18(22-19)16-9-6-8-15(14-16)17-10-4-5-13-21-17;1-13-6-4-10-17(19-13)15-8-5-7-14(12-15)16-9-2-3-11-18-16;1-3-7-17-14(5-1)12-9-13(11-16-10-12)15-6-2-4-8-18-15;1-3-7-15-12(5-1)11-9-14(18-17-10-11)13-6-2-4-8-16-13;1-3-7-14-10(5-1)12-9-13(17-16-12)11-6-2-4-8-15-11;;;;;;;;;;/h4-13H,1-3H3;2-11H,1H3;1-8,10-11H;1-8,10H;1-8H,(H,16,17);5*1H;;;;;/q5*-1;;;;;;5*+2/p-5. The molecule has 0 aliphatic rings. The summed E-state index contributed by atoms with van der Waals surface area (Å²) in [4.78, 5) is 47.8. The molecule has 104 heavy (non-hydrogen) atoms. The molecule has 536 valence electrons. The zero-order valence-corrected chi connectivity index (χ0v) is 74.7. The minimum atomic E-state index is 0.0363. The van der Waals surface area contributed by atoms with E-state index < -0.39 is 0 Å². The fourth-order valence-corrected chi connectivity index (χ4v) is 9.12. The molecule has 15 rings (SSSR count). The molecule has 0 bridgehead atoms. The smallest absolute Gasteiger partial charge is 0.0281 e. The normalized spacial score (nSPS) is 9.88. The zero-order valence-electron chi connectivity index (χ0n) is 55.4. The molecule has 13 heterocycles. The van der Waals surface area contributed by atoms with Crippen LogP contribution in [0.4, 0.5) is 0 Å². The number of hydrogen-bond acceptors (Lipinski definition) is 14. The number of benzene rings is 2. The summed E-state index contributed by atoms with van der Waals surface area (Å²) in [5.41, 5.74) is 19.4. The van der Waals surface area contributed by atoms with E-state index in [-0.39, 0.29) is 5.41 Å². The summed E-state index contributed by atoms with van der Waals surface area (Å²) in [5, 5.41) is 15.1. The van der Waals surface area contributed by atoms with Crippen LogP contribution in [0.1, 0.15) is 32.2 Å². The molecule has 0 radical (unpaired) electrons. The van der Waals surface area contributed by atoms with Crippen LogP contribution in [-0.2, 0) is 94.2 Å². The Bertz CT molecular complexity index is 4530. The van der Waals surface area contributed by atoms with Crippen LogP contribution in [0.15, 0.2) is 287 Å². The maximum atomic E-state index is 4.80. The Labute approximate surface area is 696 Å². The van der Waals surface area contributed by atoms with E-state index >= 15 is 0 Å². The first-order valence-electron chi connectivity index (χ1n) is 30.6. The average molecular weight is 2590 g/mol. The van der Waals surface area contributed by atoms with E-state index in [9.17, 15) is 0 Å². The largest absolute Gasteiger partial charge is 0.341 e. The molecule has 0 spiro atoms. The van der Waals surface area contributed by atoms with E-state index in [4.69, 9.17) is 4.98 Å². The van der Waals surface area contributed by atoms with E-state index in [1.54, 1.807) is 68.2 Å². The topological polar surface area (TPSA) is 196 Å². The fourth-order valence-electron chi connectivity index (χ4n) is 9.12. The van der Waals surface area contributed by atoms with Crippen LogP contribution >= 0.6 is 66.5 Å². The van der Waals surface area contributed by atoms with Gasteiger partial charge >= 0.3 is 155 Å². The van der Waals surface area contributed by atoms with Gasteiger partial charge in [-0.05, 0) is 115 Å². The summed E-state index contributed by atoms with van der Waals surface area (Å²) in [7, 11) is 0. The number of aromatic nitrogens is 15. The van der Waals surface area contributed by atoms with Gasteiger partial charge in [0.1, 0.15) is 0 Å². The summed E-state index contributed by atoms with van der Waals surface area (Å²) < 4.78 is 0. The van der Waals surface area contributed by atoms with Crippen molar-refractivity contribution in [2.24, 2.45) is 0 Å². The number of halogens is 5. The number of aryl methyl sites for hydroxylation is 1. The van der Waals surface area contributed by atoms with Crippen LogP contribution in [0.5, 0.6) is 0 Å². The van der Waals surface area contributed by atoms with Gasteiger partial charge < -0.3 is 30.0 Å². The summed E-state index contributed by atoms with van der Waals surface area (Å²) in [5.74, 6) is 0. The number of aromatic amines is 1. The van der Waals surface area contributed by atoms with Gasteiger partial charge in [-0.1, -0.05) is 175 Å². The third kappa shape index (κ3) is 28.5. The van der Waals surface area contributed by atoms with E-state index in [2.05, 4.69) is 200 Å². The molecule has 0 amide bonds. The Morgan fingerprint density at radius 2 is 0.615 bits per heavy atom. The van der Waals surface area contributed by atoms with Crippen molar-refractivity contribution in [2.75, 3.05) is 0 Å². The maximum Gasteiger partial charge on any atom is 0.0281 e. The predicted octanol–water partition coefficient (Wildman–Crippen LogP) is 20.8. The van der Waals surface area contributed by atoms with Crippen molar-refractivity contribution >= 4 is 66.5 Å². The van der Waals surface area contributed by atoms with Crippen molar-refractivity contribution in [1.82, 2.24) is 75.2 Å². The fraction of sp³-hybridized carbons (Fsp3) is 0.0633. The molecule has 0 atom stereocenters. The molecule has 0 saturated carbocycles. The van der Waals surface area contributed by atoms with Crippen molar-refractivity contribution in [2.45, 2.75) is 33.1 Å². The van der Waals surface area contributed by atoms with Gasteiger partial charge in [0.25, 0.3) is 0 Å². The van der Waals surface area contributed by atoms with Crippen LogP contribution in [0.25, 0.3) is 113 Å². The molecule has 15 aromatic rings. The predicted molar refractivity (Wildman–Crippen MR) is 412 cm³/mol. The summed E-state index contributed by atoms with van der Waals surface area (Å²) in [6.45, 7) is 8.51. The second-order valence-electron chi connectivity index (χ2n) is 21.7. The number of hydrogen-bond donors (Lipinski definition) is 1. The molecular formula is C79H60Br5N15Pt5. The van der Waals surface area contributed by atoms with Crippen LogP contribution in [0.3, 0.4) is 0 Å². The van der Waals surface area contributed by atoms with Crippen LogP contribution in [-0.4, -0.2) is 75.2 Å². The minimum absolute atomic E-state index is 0.0363. The number of pyridine rings is 11. The number of H-pyrrole nitrogens is 1. The van der Waals surface area contributed by atoms with Crippen LogP contribution in [0, 0.1) is 37.3 Å². The molecular weight excluding hydrogens is 2530 g/mol. The summed E-state index contributed by atoms with van der Waals surface area (Å²) >= 11 is 24.3. The van der Waals surface area contributed by atoms with Gasteiger partial charge in [-0.15, -0.1) is 72.3 Å². The average Bonchev–Trinajstić information content (AvgIpc) is 1.03. The van der Waals surface area contributed by atoms with Gasteiger partial charge in [-0.3, -0.25) is 29.9 Å². The quantitative estimate of drug-likeness (QED) is 0.127. The van der Waals surface area contributed by atoms with Gasteiger partial charge in [0.15, 0.2) is 0 Å². The van der Waals surface area contributed by atoms with Crippen molar-refractivity contribution in [3.8, 4) is 113 Å². The SMILES string of the molecule is CC(C)(C)c1cccc(-c2[c-]c(-c3ccccn3)ccc2)n1.Cc1cccc(-c2[c-]c(-c3ccccn3)ccc2)n1.[Br][Pt+].[Br][Pt+].[Br][Pt+].[Br][Pt+].[Br][Pt+].[c-]1c(-c2ccccn2)cncc1-c1ccccn1.[c-]1c(-c2ccccn2)cnnc1-c1ccccn1.[c-]1c(-c2ccccn2)n[nH]c1-c1ccccn1. The van der Waals surface area contributed by atoms with E-state index in [1.165, 1.54) is 0 Å². The van der Waals surface area contributed by atoms with Crippen molar-refractivity contribution in [3.63, 3.8) is 0 Å². The maximum absolute atomic E-state index is 4.80. The Kier molecular flexibility index (Phi) is 41.3. The third-order valence-corrected chi connectivity index (χ3v) is 13.8. The molecule has 25 heteroatoms. The van der Waals surface area contributed by atoms with Crippen molar-refractivity contribution in [3.05, 3.63) is 328 Å². The number of nitrogens with one attached hydrogen (secondary N) is 1. The first kappa shape index (κ1) is 86.1. The molecule has 13 aromatic heterocycles. The Morgan fingerprint density at radius 1 is 0.298 bits per heavy atom. The van der Waals surface area contributed by atoms with Crippen LogP contribution in [0.2, 0.25) is 0 Å². The molecule has 0 aliphatic carbocycles. The second kappa shape index (κ2) is 49.9. The molecule has 2 aromatic carbocycles. The Morgan fingerprint density at radius 3 is 1.00 bits per heavy atom. The van der Waals surface area contributed by atoms with Crippen molar-refractivity contribution in [1.29, 1.82) is 0 Å². The van der Waals surface area contributed by atoms with Gasteiger partial charge in [0.05, 0.1) is 0 Å². The molecule has 0 unspecified atom stereocenters. The first-order valence-corrected chi connectivity index (χ1v) is 55.5. The third-order valence-electron chi connectivity index (χ3n) is 13.8. The van der Waals surface area contributed by atoms with E-state index in [0.717, 1.165) is 113 Å². The number of rotatable bonds is 10. The van der Waals surface area contributed by atoms with Gasteiger partial charge in [-0.25, -0.2) is 10.2 Å². The minimum Gasteiger partial charge on any atom is -0.341 e. The van der Waals surface area contributed by atoms with E-state index in [0.29, 0.717) is 11.4 Å². The second-order valence-corrected chi connectivity index (χ2v) is 21.7. The Hall–Kier alpha value is -6.78. The molecule has 15 nitrogen and oxygen atoms in total. The molecule has 0 saturated heterocycles. The molecule has 0 fully saturated rings. The van der Waals surface area contributed by atoms with Crippen molar-refractivity contribution < 1.29 is 88.8 Å². The number of nitrogens with zero attached hydrogens (tertiary/aromatic N) is 14. The summed E-state index contributed by atoms with van der Waals surface area (Å²) in [6.07, 6.45) is 19.2. The zero-order chi connectivity index (χ0) is 74.6. The Balaban J connectivity index is 0.000000198. The first-order chi connectivity index (χ1) is 51.2. The summed E-state index contributed by atoms with van der Waals surface area (Å²) in [6, 6.07) is 86.8. The van der Waals surface area contributed by atoms with Crippen LogP contribution < -0.4 is 0 Å². The van der Waals surface area contributed by atoms with Gasteiger partial charge in [-0.2, -0.15) is 5.10 Å². The monoisotopic (exact) mass is 2590 g/mol. The van der Waals surface area contributed by atoms with Gasteiger partial charge in [0, 0.05) is 112 Å². The molecule has 1 N–H and O–H groups in total. The molecule has 0 aliphatic heterocycles. The van der Waals surface area contributed by atoms with Gasteiger partial charge in [0.2, 0.25) is 0 Å².